The Balaban J connectivity index is 1.86. The van der Waals surface area contributed by atoms with Gasteiger partial charge in [0, 0.05) is 17.8 Å². The summed E-state index contributed by atoms with van der Waals surface area (Å²) in [6, 6.07) is 10.9. The maximum Gasteiger partial charge on any atom is 0.247 e. The van der Waals surface area contributed by atoms with Crippen LogP contribution in [0, 0.1) is 5.82 Å². The summed E-state index contributed by atoms with van der Waals surface area (Å²) in [5.41, 5.74) is 1.40. The summed E-state index contributed by atoms with van der Waals surface area (Å²) in [5.74, 6) is 0.696. The SMILES string of the molecule is COc1ccc(N[C@H](C(=O)NC2CC2)c2ccc(F)cc2)cc1OC. The molecule has 5 nitrogen and oxygen atoms in total. The molecule has 132 valence electrons. The van der Waals surface area contributed by atoms with Crippen molar-refractivity contribution in [3.63, 3.8) is 0 Å². The van der Waals surface area contributed by atoms with E-state index in [2.05, 4.69) is 10.6 Å². The van der Waals surface area contributed by atoms with Crippen LogP contribution in [0.1, 0.15) is 24.4 Å². The molecule has 0 aromatic heterocycles. The monoisotopic (exact) mass is 344 g/mol. The van der Waals surface area contributed by atoms with Gasteiger partial charge in [0.05, 0.1) is 14.2 Å². The average Bonchev–Trinajstić information content (AvgIpc) is 3.44. The van der Waals surface area contributed by atoms with Crippen molar-refractivity contribution in [3.05, 3.63) is 53.8 Å². The van der Waals surface area contributed by atoms with E-state index in [4.69, 9.17) is 9.47 Å². The Morgan fingerprint density at radius 1 is 1.08 bits per heavy atom. The van der Waals surface area contributed by atoms with Gasteiger partial charge in [-0.1, -0.05) is 12.1 Å². The standard InChI is InChI=1S/C19H21FN2O3/c1-24-16-10-9-15(11-17(16)25-2)21-18(19(23)22-14-7-8-14)12-3-5-13(20)6-4-12/h3-6,9-11,14,18,21H,7-8H2,1-2H3,(H,22,23)/t18-/m0/s1. The minimum Gasteiger partial charge on any atom is -0.493 e. The van der Waals surface area contributed by atoms with Crippen molar-refractivity contribution in [2.45, 2.75) is 24.9 Å². The fourth-order valence-corrected chi connectivity index (χ4v) is 2.56. The molecule has 2 N–H and O–H groups in total. The third-order valence-corrected chi connectivity index (χ3v) is 4.08. The first-order chi connectivity index (χ1) is 12.1. The Labute approximate surface area is 146 Å². The van der Waals surface area contributed by atoms with Crippen LogP contribution in [0.3, 0.4) is 0 Å². The predicted molar refractivity (Wildman–Crippen MR) is 93.5 cm³/mol. The summed E-state index contributed by atoms with van der Waals surface area (Å²) in [4.78, 5) is 12.6. The van der Waals surface area contributed by atoms with Crippen molar-refractivity contribution in [2.75, 3.05) is 19.5 Å². The van der Waals surface area contributed by atoms with E-state index in [9.17, 15) is 9.18 Å². The maximum atomic E-state index is 13.2. The average molecular weight is 344 g/mol. The van der Waals surface area contributed by atoms with Crippen LogP contribution < -0.4 is 20.1 Å². The molecule has 0 heterocycles. The van der Waals surface area contributed by atoms with Gasteiger partial charge in [-0.2, -0.15) is 0 Å². The highest BCUT2D eigenvalue weighted by Gasteiger charge is 2.28. The second-order valence-electron chi connectivity index (χ2n) is 5.98. The molecule has 6 heteroatoms. The number of anilines is 1. The van der Waals surface area contributed by atoms with Gasteiger partial charge >= 0.3 is 0 Å². The van der Waals surface area contributed by atoms with E-state index < -0.39 is 6.04 Å². The number of amides is 1. The molecular weight excluding hydrogens is 323 g/mol. The van der Waals surface area contributed by atoms with Crippen LogP contribution in [0.2, 0.25) is 0 Å². The number of nitrogens with one attached hydrogen (secondary N) is 2. The van der Waals surface area contributed by atoms with Crippen molar-refractivity contribution >= 4 is 11.6 Å². The maximum absolute atomic E-state index is 13.2. The van der Waals surface area contributed by atoms with Gasteiger partial charge in [0.25, 0.3) is 0 Å². The Kier molecular flexibility index (Phi) is 5.07. The summed E-state index contributed by atoms with van der Waals surface area (Å²) in [6.45, 7) is 0. The number of methoxy groups -OCH3 is 2. The van der Waals surface area contributed by atoms with E-state index in [0.29, 0.717) is 22.7 Å². The molecule has 1 aliphatic carbocycles. The Morgan fingerprint density at radius 2 is 1.76 bits per heavy atom. The Morgan fingerprint density at radius 3 is 2.36 bits per heavy atom. The van der Waals surface area contributed by atoms with Crippen molar-refractivity contribution in [2.24, 2.45) is 0 Å². The molecule has 1 aliphatic rings. The quantitative estimate of drug-likeness (QED) is 0.809. The van der Waals surface area contributed by atoms with Gasteiger partial charge in [-0.25, -0.2) is 4.39 Å². The first-order valence-electron chi connectivity index (χ1n) is 8.15. The van der Waals surface area contributed by atoms with Crippen LogP contribution in [0.4, 0.5) is 10.1 Å². The highest BCUT2D eigenvalue weighted by Crippen LogP contribution is 2.32. The third-order valence-electron chi connectivity index (χ3n) is 4.08. The highest BCUT2D eigenvalue weighted by atomic mass is 19.1. The smallest absolute Gasteiger partial charge is 0.247 e. The molecule has 25 heavy (non-hydrogen) atoms. The number of halogens is 1. The molecule has 0 radical (unpaired) electrons. The molecular formula is C19H21FN2O3. The molecule has 1 amide bonds. The first kappa shape index (κ1) is 17.1. The number of ether oxygens (including phenoxy) is 2. The highest BCUT2D eigenvalue weighted by molar-refractivity contribution is 5.86. The fraction of sp³-hybridized carbons (Fsp3) is 0.316. The molecule has 2 aromatic carbocycles. The zero-order chi connectivity index (χ0) is 17.8. The normalized spacial score (nSPS) is 14.5. The van der Waals surface area contributed by atoms with Crippen molar-refractivity contribution in [1.29, 1.82) is 0 Å². The summed E-state index contributed by atoms with van der Waals surface area (Å²) in [7, 11) is 3.12. The van der Waals surface area contributed by atoms with Crippen LogP contribution in [-0.2, 0) is 4.79 Å². The van der Waals surface area contributed by atoms with Crippen molar-refractivity contribution in [1.82, 2.24) is 5.32 Å². The van der Waals surface area contributed by atoms with Gasteiger partial charge in [-0.05, 0) is 42.7 Å². The van der Waals surface area contributed by atoms with Crippen molar-refractivity contribution < 1.29 is 18.7 Å². The topological polar surface area (TPSA) is 59.6 Å². The van der Waals surface area contributed by atoms with Gasteiger partial charge in [0.15, 0.2) is 11.5 Å². The van der Waals surface area contributed by atoms with Gasteiger partial charge < -0.3 is 20.1 Å². The molecule has 0 saturated heterocycles. The summed E-state index contributed by atoms with van der Waals surface area (Å²) >= 11 is 0. The number of hydrogen-bond donors (Lipinski definition) is 2. The van der Waals surface area contributed by atoms with Gasteiger partial charge in [0.1, 0.15) is 11.9 Å². The molecule has 1 fully saturated rings. The van der Waals surface area contributed by atoms with E-state index in [1.54, 1.807) is 38.5 Å². The molecule has 1 saturated carbocycles. The lowest BCUT2D eigenvalue weighted by molar-refractivity contribution is -0.122. The zero-order valence-electron chi connectivity index (χ0n) is 14.2. The fourth-order valence-electron chi connectivity index (χ4n) is 2.56. The molecule has 0 aliphatic heterocycles. The lowest BCUT2D eigenvalue weighted by Gasteiger charge is -2.21. The van der Waals surface area contributed by atoms with E-state index in [-0.39, 0.29) is 17.8 Å². The number of hydrogen-bond acceptors (Lipinski definition) is 4. The summed E-state index contributed by atoms with van der Waals surface area (Å²) < 4.78 is 23.8. The predicted octanol–water partition coefficient (Wildman–Crippen LogP) is 3.27. The largest absolute Gasteiger partial charge is 0.493 e. The molecule has 3 rings (SSSR count). The molecule has 2 aromatic rings. The molecule has 0 unspecified atom stereocenters. The lowest BCUT2D eigenvalue weighted by atomic mass is 10.1. The van der Waals surface area contributed by atoms with Gasteiger partial charge in [-0.3, -0.25) is 4.79 Å². The van der Waals surface area contributed by atoms with Crippen LogP contribution in [0.5, 0.6) is 11.5 Å². The molecule has 1 atom stereocenters. The van der Waals surface area contributed by atoms with E-state index in [0.717, 1.165) is 12.8 Å². The van der Waals surface area contributed by atoms with Crippen LogP contribution in [0.25, 0.3) is 0 Å². The van der Waals surface area contributed by atoms with Crippen LogP contribution in [-0.4, -0.2) is 26.2 Å². The summed E-state index contributed by atoms with van der Waals surface area (Å²) in [6.07, 6.45) is 2.00. The molecule has 0 bridgehead atoms. The Bertz CT molecular complexity index is 745. The van der Waals surface area contributed by atoms with E-state index >= 15 is 0 Å². The van der Waals surface area contributed by atoms with Gasteiger partial charge in [0.2, 0.25) is 5.91 Å². The Hall–Kier alpha value is -2.76. The number of carbonyl (C=O) groups is 1. The number of rotatable bonds is 7. The second-order valence-corrected chi connectivity index (χ2v) is 5.98. The first-order valence-corrected chi connectivity index (χ1v) is 8.15. The lowest BCUT2D eigenvalue weighted by Crippen LogP contribution is -2.34. The third kappa shape index (κ3) is 4.21. The number of carbonyl (C=O) groups excluding carboxylic acids is 1. The minimum atomic E-state index is -0.626. The van der Waals surface area contributed by atoms with Crippen LogP contribution in [0.15, 0.2) is 42.5 Å². The second kappa shape index (κ2) is 7.42. The summed E-state index contributed by atoms with van der Waals surface area (Å²) in [5, 5.41) is 6.19. The van der Waals surface area contributed by atoms with Crippen LogP contribution >= 0.6 is 0 Å². The zero-order valence-corrected chi connectivity index (χ0v) is 14.2. The van der Waals surface area contributed by atoms with E-state index in [1.165, 1.54) is 12.1 Å². The van der Waals surface area contributed by atoms with Gasteiger partial charge in [-0.15, -0.1) is 0 Å². The molecule has 0 spiro atoms. The number of benzene rings is 2. The minimum absolute atomic E-state index is 0.135. The van der Waals surface area contributed by atoms with Crippen molar-refractivity contribution in [3.8, 4) is 11.5 Å². The van der Waals surface area contributed by atoms with E-state index in [1.807, 2.05) is 6.07 Å².